The topological polar surface area (TPSA) is 64.8 Å². The normalized spacial score (nSPS) is 17.4. The van der Waals surface area contributed by atoms with Crippen molar-refractivity contribution in [2.75, 3.05) is 26.8 Å². The first-order valence-corrected chi connectivity index (χ1v) is 7.41. The van der Waals surface area contributed by atoms with Crippen molar-refractivity contribution >= 4 is 5.91 Å². The number of carbonyl (C=O) groups is 1. The average molecular weight is 292 g/mol. The molecule has 5 heteroatoms. The molecule has 1 saturated heterocycles. The zero-order chi connectivity index (χ0) is 15.2. The summed E-state index contributed by atoms with van der Waals surface area (Å²) in [6.45, 7) is 3.61. The van der Waals surface area contributed by atoms with Gasteiger partial charge in [0.05, 0.1) is 7.11 Å². The Morgan fingerprint density at radius 3 is 2.52 bits per heavy atom. The number of rotatable bonds is 5. The highest BCUT2D eigenvalue weighted by atomic mass is 16.5. The third-order valence-electron chi connectivity index (χ3n) is 4.06. The number of amides is 1. The van der Waals surface area contributed by atoms with Crippen LogP contribution in [0, 0.1) is 5.92 Å². The van der Waals surface area contributed by atoms with Gasteiger partial charge in [0.2, 0.25) is 0 Å². The zero-order valence-corrected chi connectivity index (χ0v) is 12.7. The van der Waals surface area contributed by atoms with E-state index in [1.165, 1.54) is 0 Å². The summed E-state index contributed by atoms with van der Waals surface area (Å²) in [6, 6.07) is 7.54. The van der Waals surface area contributed by atoms with Crippen molar-refractivity contribution in [3.05, 3.63) is 24.3 Å². The van der Waals surface area contributed by atoms with Crippen LogP contribution in [0.2, 0.25) is 0 Å². The second kappa shape index (κ2) is 7.31. The molecule has 0 spiro atoms. The van der Waals surface area contributed by atoms with Gasteiger partial charge in [-0.2, -0.15) is 0 Å². The Bertz CT molecular complexity index is 468. The Kier molecular flexibility index (Phi) is 5.44. The van der Waals surface area contributed by atoms with E-state index in [0.29, 0.717) is 17.4 Å². The Morgan fingerprint density at radius 1 is 1.33 bits per heavy atom. The van der Waals surface area contributed by atoms with Crippen molar-refractivity contribution in [3.8, 4) is 11.5 Å². The second-order valence-electron chi connectivity index (χ2n) is 5.52. The van der Waals surface area contributed by atoms with E-state index in [9.17, 15) is 4.79 Å². The van der Waals surface area contributed by atoms with Gasteiger partial charge in [-0.05, 0) is 37.8 Å². The van der Waals surface area contributed by atoms with Crippen molar-refractivity contribution in [1.29, 1.82) is 0 Å². The summed E-state index contributed by atoms with van der Waals surface area (Å²) in [6.07, 6.45) is 1.94. The lowest BCUT2D eigenvalue weighted by Gasteiger charge is -2.33. The molecule has 116 valence electrons. The van der Waals surface area contributed by atoms with Gasteiger partial charge in [0.1, 0.15) is 0 Å². The Balaban J connectivity index is 1.83. The third kappa shape index (κ3) is 4.11. The molecule has 1 aliphatic heterocycles. The lowest BCUT2D eigenvalue weighted by atomic mass is 9.91. The van der Waals surface area contributed by atoms with E-state index in [1.807, 2.05) is 30.0 Å². The fourth-order valence-electron chi connectivity index (χ4n) is 2.64. The van der Waals surface area contributed by atoms with Crippen LogP contribution in [0.25, 0.3) is 0 Å². The van der Waals surface area contributed by atoms with Crippen molar-refractivity contribution in [3.63, 3.8) is 0 Å². The molecule has 0 aromatic heterocycles. The van der Waals surface area contributed by atoms with Gasteiger partial charge < -0.3 is 20.1 Å². The number of hydrogen-bond acceptors (Lipinski definition) is 4. The molecular formula is C16H24N2O3. The van der Waals surface area contributed by atoms with Crippen molar-refractivity contribution in [2.24, 2.45) is 11.7 Å². The summed E-state index contributed by atoms with van der Waals surface area (Å²) >= 11 is 0. The predicted octanol–water partition coefficient (Wildman–Crippen LogP) is 1.66. The minimum atomic E-state index is 0.0176. The SMILES string of the molecule is COc1ccccc1OCC(=O)N1CCC(C(C)N)CC1. The molecule has 1 amide bonds. The van der Waals surface area contributed by atoms with E-state index in [0.717, 1.165) is 25.9 Å². The maximum absolute atomic E-state index is 12.2. The maximum Gasteiger partial charge on any atom is 0.260 e. The number of nitrogens with zero attached hydrogens (tertiary/aromatic N) is 1. The molecule has 1 heterocycles. The van der Waals surface area contributed by atoms with Crippen LogP contribution >= 0.6 is 0 Å². The van der Waals surface area contributed by atoms with E-state index in [1.54, 1.807) is 13.2 Å². The van der Waals surface area contributed by atoms with Gasteiger partial charge in [-0.1, -0.05) is 12.1 Å². The number of benzene rings is 1. The summed E-state index contributed by atoms with van der Waals surface area (Å²) < 4.78 is 10.8. The molecule has 1 unspecified atom stereocenters. The molecule has 0 bridgehead atoms. The largest absolute Gasteiger partial charge is 0.493 e. The van der Waals surface area contributed by atoms with Crippen LogP contribution in [-0.4, -0.2) is 43.7 Å². The molecule has 1 aromatic carbocycles. The van der Waals surface area contributed by atoms with Crippen LogP contribution in [0.4, 0.5) is 0 Å². The number of nitrogens with two attached hydrogens (primary N) is 1. The van der Waals surface area contributed by atoms with Crippen LogP contribution in [-0.2, 0) is 4.79 Å². The highest BCUT2D eigenvalue weighted by Gasteiger charge is 2.25. The number of likely N-dealkylation sites (tertiary alicyclic amines) is 1. The first-order valence-electron chi connectivity index (χ1n) is 7.41. The summed E-state index contributed by atoms with van der Waals surface area (Å²) in [5.41, 5.74) is 5.91. The molecule has 1 atom stereocenters. The minimum absolute atomic E-state index is 0.0176. The van der Waals surface area contributed by atoms with Crippen molar-refractivity contribution in [1.82, 2.24) is 4.90 Å². The quantitative estimate of drug-likeness (QED) is 0.896. The van der Waals surface area contributed by atoms with Crippen LogP contribution < -0.4 is 15.2 Å². The van der Waals surface area contributed by atoms with Crippen LogP contribution in [0.15, 0.2) is 24.3 Å². The number of para-hydroxylation sites is 2. The van der Waals surface area contributed by atoms with Gasteiger partial charge in [-0.3, -0.25) is 4.79 Å². The fourth-order valence-corrected chi connectivity index (χ4v) is 2.64. The fraction of sp³-hybridized carbons (Fsp3) is 0.562. The smallest absolute Gasteiger partial charge is 0.260 e. The van der Waals surface area contributed by atoms with E-state index < -0.39 is 0 Å². The molecule has 0 aliphatic carbocycles. The predicted molar refractivity (Wildman–Crippen MR) is 81.4 cm³/mol. The Hall–Kier alpha value is -1.75. The molecule has 2 rings (SSSR count). The summed E-state index contributed by atoms with van der Waals surface area (Å²) in [7, 11) is 1.59. The molecule has 21 heavy (non-hydrogen) atoms. The van der Waals surface area contributed by atoms with Gasteiger partial charge in [-0.25, -0.2) is 0 Å². The molecule has 0 radical (unpaired) electrons. The number of methoxy groups -OCH3 is 1. The molecule has 1 aliphatic rings. The van der Waals surface area contributed by atoms with Crippen molar-refractivity contribution in [2.45, 2.75) is 25.8 Å². The standard InChI is InChI=1S/C16H24N2O3/c1-12(17)13-7-9-18(10-8-13)16(19)11-21-15-6-4-3-5-14(15)20-2/h3-6,12-13H,7-11,17H2,1-2H3. The number of hydrogen-bond donors (Lipinski definition) is 1. The van der Waals surface area contributed by atoms with Crippen molar-refractivity contribution < 1.29 is 14.3 Å². The monoisotopic (exact) mass is 292 g/mol. The Labute approximate surface area is 126 Å². The highest BCUT2D eigenvalue weighted by Crippen LogP contribution is 2.26. The minimum Gasteiger partial charge on any atom is -0.493 e. The van der Waals surface area contributed by atoms with E-state index in [-0.39, 0.29) is 18.6 Å². The third-order valence-corrected chi connectivity index (χ3v) is 4.06. The molecule has 5 nitrogen and oxygen atoms in total. The van der Waals surface area contributed by atoms with Gasteiger partial charge in [0.25, 0.3) is 5.91 Å². The summed E-state index contributed by atoms with van der Waals surface area (Å²) in [5.74, 6) is 1.77. The van der Waals surface area contributed by atoms with Crippen LogP contribution in [0.5, 0.6) is 11.5 Å². The summed E-state index contributed by atoms with van der Waals surface area (Å²) in [4.78, 5) is 14.0. The van der Waals surface area contributed by atoms with Crippen LogP contribution in [0.3, 0.4) is 0 Å². The van der Waals surface area contributed by atoms with E-state index in [4.69, 9.17) is 15.2 Å². The van der Waals surface area contributed by atoms with Gasteiger partial charge >= 0.3 is 0 Å². The van der Waals surface area contributed by atoms with E-state index in [2.05, 4.69) is 0 Å². The lowest BCUT2D eigenvalue weighted by molar-refractivity contribution is -0.134. The lowest BCUT2D eigenvalue weighted by Crippen LogP contribution is -2.44. The average Bonchev–Trinajstić information content (AvgIpc) is 2.52. The molecule has 2 N–H and O–H groups in total. The highest BCUT2D eigenvalue weighted by molar-refractivity contribution is 5.78. The zero-order valence-electron chi connectivity index (χ0n) is 12.7. The number of ether oxygens (including phenoxy) is 2. The van der Waals surface area contributed by atoms with Gasteiger partial charge in [0.15, 0.2) is 18.1 Å². The number of piperidine rings is 1. The second-order valence-corrected chi connectivity index (χ2v) is 5.52. The van der Waals surface area contributed by atoms with Gasteiger partial charge in [-0.15, -0.1) is 0 Å². The molecular weight excluding hydrogens is 268 g/mol. The van der Waals surface area contributed by atoms with Crippen LogP contribution in [0.1, 0.15) is 19.8 Å². The number of carbonyl (C=O) groups excluding carboxylic acids is 1. The molecule has 1 aromatic rings. The maximum atomic E-state index is 12.2. The first kappa shape index (κ1) is 15.6. The molecule has 0 saturated carbocycles. The Morgan fingerprint density at radius 2 is 1.95 bits per heavy atom. The van der Waals surface area contributed by atoms with Gasteiger partial charge in [0, 0.05) is 19.1 Å². The summed E-state index contributed by atoms with van der Waals surface area (Å²) in [5, 5.41) is 0. The molecule has 1 fully saturated rings. The van der Waals surface area contributed by atoms with E-state index >= 15 is 0 Å². The first-order chi connectivity index (χ1) is 10.1.